The molecule has 1 amide bonds. The van der Waals surface area contributed by atoms with Crippen LogP contribution in [0.3, 0.4) is 0 Å². The highest BCUT2D eigenvalue weighted by molar-refractivity contribution is 7.13. The van der Waals surface area contributed by atoms with Gasteiger partial charge < -0.3 is 25.2 Å². The number of carbonyl (C=O) groups is 2. The maximum Gasteiger partial charge on any atom is 0.305 e. The van der Waals surface area contributed by atoms with E-state index >= 15 is 0 Å². The summed E-state index contributed by atoms with van der Waals surface area (Å²) in [4.78, 5) is 25.7. The molecule has 0 fully saturated rings. The Balaban J connectivity index is 1.87. The van der Waals surface area contributed by atoms with Gasteiger partial charge in [0.25, 0.3) is 5.91 Å². The molecule has 0 saturated carbocycles. The number of rotatable bonds is 12. The van der Waals surface area contributed by atoms with Gasteiger partial charge in [0.15, 0.2) is 0 Å². The molecule has 10 heteroatoms. The first-order chi connectivity index (χ1) is 19.5. The smallest absolute Gasteiger partial charge is 0.305 e. The van der Waals surface area contributed by atoms with Crippen molar-refractivity contribution in [1.29, 1.82) is 0 Å². The molecule has 0 spiro atoms. The lowest BCUT2D eigenvalue weighted by molar-refractivity contribution is -0.139. The van der Waals surface area contributed by atoms with Gasteiger partial charge in [-0.2, -0.15) is 0 Å². The number of benzene rings is 2. The van der Waals surface area contributed by atoms with Gasteiger partial charge in [-0.1, -0.05) is 26.0 Å². The first-order valence-electron chi connectivity index (χ1n) is 13.3. The normalized spacial score (nSPS) is 12.9. The maximum absolute atomic E-state index is 14.0. The molecule has 216 valence electrons. The highest BCUT2D eigenvalue weighted by Gasteiger charge is 2.31. The van der Waals surface area contributed by atoms with Crippen molar-refractivity contribution in [1.82, 2.24) is 4.57 Å². The van der Waals surface area contributed by atoms with Crippen molar-refractivity contribution in [3.05, 3.63) is 88.9 Å². The van der Waals surface area contributed by atoms with E-state index in [1.165, 1.54) is 41.7 Å². The van der Waals surface area contributed by atoms with Crippen LogP contribution in [0.5, 0.6) is 0 Å². The summed E-state index contributed by atoms with van der Waals surface area (Å²) in [5.74, 6) is -2.69. The zero-order chi connectivity index (χ0) is 29.7. The van der Waals surface area contributed by atoms with E-state index in [9.17, 15) is 28.6 Å². The SMILES string of the molecule is CC(C)c1c(C(=O)Nc2cccc(F)c2)c(-c2cccs2)c(-c2ccc(F)cc2)n1CC[C@@H](O)C[C@@H](O)CC(=O)O. The van der Waals surface area contributed by atoms with Crippen LogP contribution in [-0.4, -0.2) is 44.0 Å². The number of carbonyl (C=O) groups excluding carboxylic acids is 1. The van der Waals surface area contributed by atoms with Crippen molar-refractivity contribution in [2.75, 3.05) is 5.32 Å². The van der Waals surface area contributed by atoms with E-state index in [0.717, 1.165) is 4.88 Å². The number of carboxylic acids is 1. The molecule has 2 atom stereocenters. The van der Waals surface area contributed by atoms with Crippen LogP contribution in [0.2, 0.25) is 0 Å². The Bertz CT molecular complexity index is 1500. The number of amides is 1. The predicted octanol–water partition coefficient (Wildman–Crippen LogP) is 6.51. The third-order valence-electron chi connectivity index (χ3n) is 6.69. The van der Waals surface area contributed by atoms with Crippen LogP contribution in [0.1, 0.15) is 55.1 Å². The van der Waals surface area contributed by atoms with Gasteiger partial charge in [-0.15, -0.1) is 11.3 Å². The van der Waals surface area contributed by atoms with Gasteiger partial charge in [-0.05, 0) is 78.2 Å². The summed E-state index contributed by atoms with van der Waals surface area (Å²) in [6.45, 7) is 4.10. The molecule has 7 nitrogen and oxygen atoms in total. The third kappa shape index (κ3) is 7.27. The van der Waals surface area contributed by atoms with Crippen LogP contribution < -0.4 is 5.32 Å². The number of hydrogen-bond donors (Lipinski definition) is 4. The summed E-state index contributed by atoms with van der Waals surface area (Å²) in [6.07, 6.45) is -2.66. The minimum absolute atomic E-state index is 0.124. The Hall–Kier alpha value is -3.86. The molecule has 0 unspecified atom stereocenters. The number of aliphatic carboxylic acids is 1. The van der Waals surface area contributed by atoms with Gasteiger partial charge in [0.1, 0.15) is 11.6 Å². The monoisotopic (exact) mass is 582 g/mol. The summed E-state index contributed by atoms with van der Waals surface area (Å²) in [7, 11) is 0. The number of nitrogens with one attached hydrogen (secondary N) is 1. The number of aliphatic hydroxyl groups is 2. The van der Waals surface area contributed by atoms with E-state index < -0.39 is 42.1 Å². The molecule has 41 heavy (non-hydrogen) atoms. The fourth-order valence-corrected chi connectivity index (χ4v) is 5.80. The van der Waals surface area contributed by atoms with Crippen molar-refractivity contribution >= 4 is 28.9 Å². The van der Waals surface area contributed by atoms with E-state index in [2.05, 4.69) is 5.32 Å². The van der Waals surface area contributed by atoms with Gasteiger partial charge >= 0.3 is 5.97 Å². The molecule has 0 saturated heterocycles. The number of halogens is 2. The highest BCUT2D eigenvalue weighted by Crippen LogP contribution is 2.44. The zero-order valence-corrected chi connectivity index (χ0v) is 23.5. The minimum atomic E-state index is -1.21. The molecule has 2 aromatic heterocycles. The number of aliphatic hydroxyl groups excluding tert-OH is 2. The van der Waals surface area contributed by atoms with E-state index in [1.54, 1.807) is 18.2 Å². The molecule has 2 aromatic carbocycles. The van der Waals surface area contributed by atoms with Crippen molar-refractivity contribution < 1.29 is 33.7 Å². The van der Waals surface area contributed by atoms with Crippen molar-refractivity contribution in [2.24, 2.45) is 0 Å². The van der Waals surface area contributed by atoms with Crippen molar-refractivity contribution in [3.63, 3.8) is 0 Å². The molecular formula is C31H32F2N2O5S. The predicted molar refractivity (Wildman–Crippen MR) is 155 cm³/mol. The van der Waals surface area contributed by atoms with Gasteiger partial charge in [0, 0.05) is 28.4 Å². The fourth-order valence-electron chi connectivity index (χ4n) is 5.02. The van der Waals surface area contributed by atoms with Gasteiger partial charge in [0.05, 0.1) is 29.9 Å². The minimum Gasteiger partial charge on any atom is -0.481 e. The molecule has 0 aliphatic carbocycles. The molecule has 4 aromatic rings. The van der Waals surface area contributed by atoms with Gasteiger partial charge in [-0.25, -0.2) is 8.78 Å². The molecule has 4 rings (SSSR count). The average Bonchev–Trinajstić information content (AvgIpc) is 3.53. The quantitative estimate of drug-likeness (QED) is 0.152. The van der Waals surface area contributed by atoms with E-state index in [-0.39, 0.29) is 25.3 Å². The lowest BCUT2D eigenvalue weighted by Gasteiger charge is -2.20. The van der Waals surface area contributed by atoms with Crippen LogP contribution in [0, 0.1) is 11.6 Å². The van der Waals surface area contributed by atoms with Crippen molar-refractivity contribution in [2.45, 2.75) is 57.8 Å². The molecule has 4 N–H and O–H groups in total. The molecule has 0 bridgehead atoms. The fraction of sp³-hybridized carbons (Fsp3) is 0.290. The Morgan fingerprint density at radius 1 is 0.976 bits per heavy atom. The van der Waals surface area contributed by atoms with Crippen LogP contribution in [-0.2, 0) is 11.3 Å². The van der Waals surface area contributed by atoms with E-state index in [1.807, 2.05) is 35.9 Å². The van der Waals surface area contributed by atoms with E-state index in [4.69, 9.17) is 5.11 Å². The molecule has 0 radical (unpaired) electrons. The topological polar surface area (TPSA) is 112 Å². The second-order valence-corrected chi connectivity index (χ2v) is 11.1. The van der Waals surface area contributed by atoms with Crippen molar-refractivity contribution in [3.8, 4) is 21.7 Å². The zero-order valence-electron chi connectivity index (χ0n) is 22.7. The number of aromatic nitrogens is 1. The molecule has 0 aliphatic rings. The van der Waals surface area contributed by atoms with Crippen LogP contribution in [0.25, 0.3) is 21.7 Å². The second kappa shape index (κ2) is 13.2. The van der Waals surface area contributed by atoms with Crippen LogP contribution >= 0.6 is 11.3 Å². The van der Waals surface area contributed by atoms with E-state index in [0.29, 0.717) is 33.8 Å². The lowest BCUT2D eigenvalue weighted by Crippen LogP contribution is -2.22. The number of thiophene rings is 1. The largest absolute Gasteiger partial charge is 0.481 e. The highest BCUT2D eigenvalue weighted by atomic mass is 32.1. The van der Waals surface area contributed by atoms with Crippen LogP contribution in [0.15, 0.2) is 66.0 Å². The number of carboxylic acid groups (broad SMARTS) is 1. The van der Waals surface area contributed by atoms with Crippen LogP contribution in [0.4, 0.5) is 14.5 Å². The third-order valence-corrected chi connectivity index (χ3v) is 7.57. The first kappa shape index (κ1) is 30.1. The Morgan fingerprint density at radius 2 is 1.71 bits per heavy atom. The summed E-state index contributed by atoms with van der Waals surface area (Å²) in [5.41, 5.74) is 3.28. The lowest BCUT2D eigenvalue weighted by atomic mass is 9.98. The first-order valence-corrected chi connectivity index (χ1v) is 14.1. The van der Waals surface area contributed by atoms with Gasteiger partial charge in [-0.3, -0.25) is 9.59 Å². The second-order valence-electron chi connectivity index (χ2n) is 10.2. The Morgan fingerprint density at radius 3 is 2.32 bits per heavy atom. The average molecular weight is 583 g/mol. The maximum atomic E-state index is 14.0. The summed E-state index contributed by atoms with van der Waals surface area (Å²) in [5, 5.41) is 34.4. The Kier molecular flexibility index (Phi) is 9.69. The molecular weight excluding hydrogens is 550 g/mol. The molecule has 2 heterocycles. The summed E-state index contributed by atoms with van der Waals surface area (Å²) in [6, 6.07) is 15.3. The number of hydrogen-bond acceptors (Lipinski definition) is 5. The summed E-state index contributed by atoms with van der Waals surface area (Å²) < 4.78 is 29.8. The summed E-state index contributed by atoms with van der Waals surface area (Å²) >= 11 is 1.44. The van der Waals surface area contributed by atoms with Gasteiger partial charge in [0.2, 0.25) is 0 Å². The standard InChI is InChI=1S/C31H32F2N2O5S/c1-18(2)29-28(31(40)34-22-6-3-5-21(33)15-22)27(25-7-4-14-41-25)30(19-8-10-20(32)11-9-19)35(29)13-12-23(36)16-24(37)17-26(38)39/h3-11,14-15,18,23-24,36-37H,12-13,16-17H2,1-2H3,(H,34,40)(H,38,39)/t23-,24-/m1/s1. The number of anilines is 1. The Labute approximate surface area is 240 Å². The molecule has 0 aliphatic heterocycles. The number of nitrogens with zero attached hydrogens (tertiary/aromatic N) is 1.